The number of anilines is 2. The fourth-order valence-corrected chi connectivity index (χ4v) is 6.03. The van der Waals surface area contributed by atoms with Gasteiger partial charge in [-0.15, -0.1) is 11.3 Å². The fourth-order valence-electron chi connectivity index (χ4n) is 3.64. The number of amides is 2. The summed E-state index contributed by atoms with van der Waals surface area (Å²) >= 11 is 6.52. The van der Waals surface area contributed by atoms with Crippen LogP contribution in [0.15, 0.2) is 57.8 Å². The Morgan fingerprint density at radius 3 is 2.76 bits per heavy atom. The molecule has 0 aliphatic carbocycles. The molecular formula is C21H15ClFN5O4S2. The number of fused-ring (bicyclic) bond motifs is 2. The van der Waals surface area contributed by atoms with Gasteiger partial charge in [-0.05, 0) is 54.4 Å². The second-order valence-electron chi connectivity index (χ2n) is 7.41. The first-order valence-corrected chi connectivity index (χ1v) is 12.6. The maximum Gasteiger partial charge on any atom is 0.333 e. The summed E-state index contributed by atoms with van der Waals surface area (Å²) in [5.41, 5.74) is 1.92. The van der Waals surface area contributed by atoms with Gasteiger partial charge in [0.25, 0.3) is 15.6 Å². The number of thiophene rings is 1. The molecule has 0 atom stereocenters. The molecule has 0 saturated heterocycles. The molecule has 13 heteroatoms. The van der Waals surface area contributed by atoms with Crippen LogP contribution >= 0.6 is 22.9 Å². The number of sulfonamides is 1. The number of nitrogens with zero attached hydrogens (tertiary/aromatic N) is 2. The summed E-state index contributed by atoms with van der Waals surface area (Å²) < 4.78 is 42.4. The van der Waals surface area contributed by atoms with E-state index in [9.17, 15) is 22.4 Å². The van der Waals surface area contributed by atoms with E-state index in [1.54, 1.807) is 12.1 Å². The molecule has 4 aromatic rings. The number of urea groups is 1. The average molecular weight is 520 g/mol. The predicted molar refractivity (Wildman–Crippen MR) is 128 cm³/mol. The first-order valence-electron chi connectivity index (χ1n) is 9.88. The Hall–Kier alpha value is -3.48. The summed E-state index contributed by atoms with van der Waals surface area (Å²) in [6, 6.07) is 8.74. The Morgan fingerprint density at radius 2 is 2.03 bits per heavy atom. The van der Waals surface area contributed by atoms with Crippen LogP contribution in [0.1, 0.15) is 5.56 Å². The van der Waals surface area contributed by atoms with Crippen LogP contribution < -0.4 is 20.9 Å². The van der Waals surface area contributed by atoms with Gasteiger partial charge in [0.05, 0.1) is 20.9 Å². The van der Waals surface area contributed by atoms with E-state index >= 15 is 0 Å². The Kier molecular flexibility index (Phi) is 5.50. The van der Waals surface area contributed by atoms with E-state index in [2.05, 4.69) is 15.6 Å². The molecule has 5 rings (SSSR count). The van der Waals surface area contributed by atoms with Gasteiger partial charge in [0.1, 0.15) is 16.4 Å². The number of carbonyl (C=O) groups excluding carboxylic acids is 1. The van der Waals surface area contributed by atoms with Crippen molar-refractivity contribution < 1.29 is 17.6 Å². The minimum Gasteiger partial charge on any atom is -0.384 e. The quantitative estimate of drug-likeness (QED) is 0.378. The van der Waals surface area contributed by atoms with Crippen LogP contribution in [-0.2, 0) is 16.4 Å². The van der Waals surface area contributed by atoms with E-state index < -0.39 is 27.4 Å². The van der Waals surface area contributed by atoms with E-state index in [1.165, 1.54) is 30.6 Å². The normalized spacial score (nSPS) is 12.9. The second-order valence-corrected chi connectivity index (χ2v) is 11.0. The smallest absolute Gasteiger partial charge is 0.333 e. The number of aromatic nitrogens is 2. The Bertz CT molecular complexity index is 1630. The minimum absolute atomic E-state index is 0.0103. The van der Waals surface area contributed by atoms with Gasteiger partial charge in [0.15, 0.2) is 0 Å². The van der Waals surface area contributed by atoms with Crippen molar-refractivity contribution in [1.82, 2.24) is 14.3 Å². The number of halogens is 2. The zero-order valence-corrected chi connectivity index (χ0v) is 19.5. The average Bonchev–Trinajstić information content (AvgIpc) is 3.42. The molecule has 0 fully saturated rings. The lowest BCUT2D eigenvalue weighted by Gasteiger charge is -2.11. The topological polar surface area (TPSA) is 122 Å². The predicted octanol–water partition coefficient (Wildman–Crippen LogP) is 3.72. The Balaban J connectivity index is 1.39. The maximum atomic E-state index is 14.9. The van der Waals surface area contributed by atoms with Gasteiger partial charge in [0.2, 0.25) is 0 Å². The summed E-state index contributed by atoms with van der Waals surface area (Å²) in [5.74, 6) is -0.809. The van der Waals surface area contributed by atoms with Crippen LogP contribution in [0.4, 0.5) is 20.6 Å². The van der Waals surface area contributed by atoms with Crippen molar-refractivity contribution in [2.75, 3.05) is 17.2 Å². The van der Waals surface area contributed by atoms with E-state index in [0.29, 0.717) is 10.9 Å². The third-order valence-corrected chi connectivity index (χ3v) is 8.25. The monoisotopic (exact) mass is 519 g/mol. The summed E-state index contributed by atoms with van der Waals surface area (Å²) in [5, 5.41) is 5.85. The molecule has 0 bridgehead atoms. The molecule has 0 spiro atoms. The van der Waals surface area contributed by atoms with Gasteiger partial charge in [-0.1, -0.05) is 11.6 Å². The molecule has 0 radical (unpaired) electrons. The molecule has 174 valence electrons. The number of rotatable bonds is 4. The molecular weight excluding hydrogens is 505 g/mol. The molecule has 0 unspecified atom stereocenters. The zero-order valence-electron chi connectivity index (χ0n) is 17.1. The molecule has 3 heterocycles. The molecule has 2 aromatic carbocycles. The van der Waals surface area contributed by atoms with E-state index in [0.717, 1.165) is 46.2 Å². The highest BCUT2D eigenvalue weighted by molar-refractivity contribution is 7.92. The van der Waals surface area contributed by atoms with Gasteiger partial charge in [-0.25, -0.2) is 27.3 Å². The van der Waals surface area contributed by atoms with Crippen LogP contribution in [0.2, 0.25) is 4.34 Å². The maximum absolute atomic E-state index is 14.9. The van der Waals surface area contributed by atoms with Crippen molar-refractivity contribution in [1.29, 1.82) is 0 Å². The molecule has 1 aliphatic rings. The lowest BCUT2D eigenvalue weighted by Crippen LogP contribution is -2.34. The van der Waals surface area contributed by atoms with Crippen LogP contribution in [-0.4, -0.2) is 30.5 Å². The Morgan fingerprint density at radius 1 is 1.21 bits per heavy atom. The van der Waals surface area contributed by atoms with Crippen LogP contribution in [0.5, 0.6) is 0 Å². The lowest BCUT2D eigenvalue weighted by atomic mass is 10.1. The van der Waals surface area contributed by atoms with Crippen molar-refractivity contribution in [3.63, 3.8) is 0 Å². The van der Waals surface area contributed by atoms with E-state index in [4.69, 9.17) is 11.6 Å². The number of hydrogen-bond acceptors (Lipinski definition) is 7. The highest BCUT2D eigenvalue weighted by Gasteiger charge is 2.20. The van der Waals surface area contributed by atoms with Crippen LogP contribution in [0.3, 0.4) is 0 Å². The summed E-state index contributed by atoms with van der Waals surface area (Å²) in [7, 11) is -4.13. The van der Waals surface area contributed by atoms with Crippen LogP contribution in [0.25, 0.3) is 16.6 Å². The van der Waals surface area contributed by atoms with Gasteiger partial charge < -0.3 is 10.6 Å². The van der Waals surface area contributed by atoms with E-state index in [-0.39, 0.29) is 19.9 Å². The van der Waals surface area contributed by atoms with Gasteiger partial charge >= 0.3 is 6.03 Å². The first kappa shape index (κ1) is 22.3. The number of carbonyl (C=O) groups is 1. The molecule has 3 N–H and O–H groups in total. The van der Waals surface area contributed by atoms with Crippen molar-refractivity contribution in [3.8, 4) is 5.69 Å². The van der Waals surface area contributed by atoms with Gasteiger partial charge in [-0.3, -0.25) is 9.36 Å². The highest BCUT2D eigenvalue weighted by atomic mass is 35.5. The molecule has 34 heavy (non-hydrogen) atoms. The molecule has 0 saturated carbocycles. The van der Waals surface area contributed by atoms with Crippen molar-refractivity contribution in [2.24, 2.45) is 0 Å². The lowest BCUT2D eigenvalue weighted by molar-refractivity contribution is 0.256. The number of nitrogens with one attached hydrogen (secondary N) is 3. The molecule has 9 nitrogen and oxygen atoms in total. The minimum atomic E-state index is -4.13. The van der Waals surface area contributed by atoms with Crippen LogP contribution in [0, 0.1) is 5.82 Å². The first-order chi connectivity index (χ1) is 16.2. The molecule has 1 aliphatic heterocycles. The van der Waals surface area contributed by atoms with E-state index in [1.807, 2.05) is 4.72 Å². The fraction of sp³-hybridized carbons (Fsp3) is 0.0952. The van der Waals surface area contributed by atoms with Crippen molar-refractivity contribution in [3.05, 3.63) is 74.9 Å². The number of hydrogen-bond donors (Lipinski definition) is 3. The van der Waals surface area contributed by atoms with Crippen molar-refractivity contribution in [2.45, 2.75) is 10.6 Å². The molecule has 2 amide bonds. The standard InChI is InChI=1S/C21H15ClFN5O4S2/c22-18-3-4-19(33-18)34(31,32)27-21(30)26-12-1-2-17(14(23)8-12)28-10-25-16-9-15-11(5-6-24-15)7-13(16)20(28)29/h1-4,7-10,24H,5-6H2,(H2,26,27,30). The highest BCUT2D eigenvalue weighted by Crippen LogP contribution is 2.27. The largest absolute Gasteiger partial charge is 0.384 e. The van der Waals surface area contributed by atoms with Crippen molar-refractivity contribution >= 4 is 61.3 Å². The van der Waals surface area contributed by atoms with Gasteiger partial charge in [0, 0.05) is 17.9 Å². The third-order valence-electron chi connectivity index (χ3n) is 5.20. The SMILES string of the molecule is O=C(Nc1ccc(-n2cnc3cc4c(cc3c2=O)CCN4)c(F)c1)NS(=O)(=O)c1ccc(Cl)s1. The second kappa shape index (κ2) is 8.38. The Labute approximate surface area is 201 Å². The summed E-state index contributed by atoms with van der Waals surface area (Å²) in [4.78, 5) is 29.4. The summed E-state index contributed by atoms with van der Waals surface area (Å²) in [6.07, 6.45) is 2.02. The zero-order chi connectivity index (χ0) is 24.0. The van der Waals surface area contributed by atoms with Gasteiger partial charge in [-0.2, -0.15) is 0 Å². The number of benzene rings is 2. The molecule has 2 aromatic heterocycles. The summed E-state index contributed by atoms with van der Waals surface area (Å²) in [6.45, 7) is 0.777. The third kappa shape index (κ3) is 4.11.